The number of hydrogen-bond acceptors (Lipinski definition) is 7. The van der Waals surface area contributed by atoms with E-state index in [0.29, 0.717) is 24.1 Å². The molecule has 138 valence electrons. The number of imidazole rings is 1. The Morgan fingerprint density at radius 2 is 1.78 bits per heavy atom. The van der Waals surface area contributed by atoms with Gasteiger partial charge >= 0.3 is 0 Å². The summed E-state index contributed by atoms with van der Waals surface area (Å²) in [5.74, 6) is 1.65. The summed E-state index contributed by atoms with van der Waals surface area (Å²) in [7, 11) is 0. The van der Waals surface area contributed by atoms with Crippen LogP contribution in [0.5, 0.6) is 0 Å². The molecule has 5 heterocycles. The van der Waals surface area contributed by atoms with Crippen molar-refractivity contribution in [2.24, 2.45) is 0 Å². The van der Waals surface area contributed by atoms with Crippen molar-refractivity contribution in [3.8, 4) is 11.7 Å². The Morgan fingerprint density at radius 1 is 0.926 bits per heavy atom. The molecule has 1 saturated heterocycles. The molecule has 27 heavy (non-hydrogen) atoms. The van der Waals surface area contributed by atoms with Crippen molar-refractivity contribution in [3.05, 3.63) is 60.6 Å². The molecule has 0 N–H and O–H groups in total. The van der Waals surface area contributed by atoms with Crippen molar-refractivity contribution in [2.45, 2.75) is 13.1 Å². The zero-order valence-electron chi connectivity index (χ0n) is 14.9. The minimum atomic E-state index is 0.431. The predicted octanol–water partition coefficient (Wildman–Crippen LogP) is 2.30. The lowest BCUT2D eigenvalue weighted by Crippen LogP contribution is -2.45. The summed E-state index contributed by atoms with van der Waals surface area (Å²) in [5, 5.41) is 8.19. The molecule has 0 amide bonds. The first-order valence-corrected chi connectivity index (χ1v) is 9.07. The third-order valence-corrected chi connectivity index (χ3v) is 4.82. The summed E-state index contributed by atoms with van der Waals surface area (Å²) >= 11 is 0. The highest BCUT2D eigenvalue weighted by Gasteiger charge is 2.20. The number of furan rings is 1. The Balaban J connectivity index is 1.16. The quantitative estimate of drug-likeness (QED) is 0.538. The summed E-state index contributed by atoms with van der Waals surface area (Å²) in [4.78, 5) is 9.45. The van der Waals surface area contributed by atoms with Crippen molar-refractivity contribution in [2.75, 3.05) is 26.2 Å². The molecule has 8 heteroatoms. The van der Waals surface area contributed by atoms with Crippen molar-refractivity contribution < 1.29 is 8.83 Å². The molecule has 0 aromatic carbocycles. The second kappa shape index (κ2) is 6.98. The van der Waals surface area contributed by atoms with Crippen molar-refractivity contribution >= 4 is 5.65 Å². The van der Waals surface area contributed by atoms with Gasteiger partial charge in [-0.2, -0.15) is 0 Å². The third kappa shape index (κ3) is 3.49. The Labute approximate surface area is 156 Å². The smallest absolute Gasteiger partial charge is 0.283 e. The average molecular weight is 364 g/mol. The number of nitrogens with zero attached hydrogens (tertiary/aromatic N) is 6. The van der Waals surface area contributed by atoms with Crippen LogP contribution >= 0.6 is 0 Å². The first-order valence-electron chi connectivity index (χ1n) is 9.07. The largest absolute Gasteiger partial charge is 0.459 e. The van der Waals surface area contributed by atoms with Crippen LogP contribution in [0.15, 0.2) is 57.8 Å². The second-order valence-corrected chi connectivity index (χ2v) is 6.73. The van der Waals surface area contributed by atoms with E-state index in [4.69, 9.17) is 8.83 Å². The van der Waals surface area contributed by atoms with E-state index in [2.05, 4.69) is 35.6 Å². The van der Waals surface area contributed by atoms with E-state index in [1.807, 2.05) is 36.5 Å². The van der Waals surface area contributed by atoms with Gasteiger partial charge in [-0.3, -0.25) is 9.80 Å². The zero-order valence-corrected chi connectivity index (χ0v) is 14.9. The fraction of sp³-hybridized carbons (Fsp3) is 0.316. The summed E-state index contributed by atoms with van der Waals surface area (Å²) in [5.41, 5.74) is 2.10. The Hall–Kier alpha value is -2.97. The average Bonchev–Trinajstić information content (AvgIpc) is 3.43. The van der Waals surface area contributed by atoms with Crippen LogP contribution in [0.2, 0.25) is 0 Å². The molecule has 8 nitrogen and oxygen atoms in total. The van der Waals surface area contributed by atoms with Crippen molar-refractivity contribution in [1.29, 1.82) is 0 Å². The van der Waals surface area contributed by atoms with Crippen LogP contribution in [0, 0.1) is 0 Å². The van der Waals surface area contributed by atoms with Gasteiger partial charge in [0.25, 0.3) is 5.89 Å². The number of rotatable bonds is 5. The zero-order chi connectivity index (χ0) is 18.1. The summed E-state index contributed by atoms with van der Waals surface area (Å²) in [6.07, 6.45) is 5.74. The predicted molar refractivity (Wildman–Crippen MR) is 97.7 cm³/mol. The second-order valence-electron chi connectivity index (χ2n) is 6.73. The van der Waals surface area contributed by atoms with E-state index in [1.54, 1.807) is 6.26 Å². The van der Waals surface area contributed by atoms with Crippen molar-refractivity contribution in [1.82, 2.24) is 29.4 Å². The number of aromatic nitrogens is 4. The van der Waals surface area contributed by atoms with Gasteiger partial charge in [-0.1, -0.05) is 6.07 Å². The molecule has 5 rings (SSSR count). The van der Waals surface area contributed by atoms with Gasteiger partial charge in [0.2, 0.25) is 5.89 Å². The maximum Gasteiger partial charge on any atom is 0.283 e. The fourth-order valence-corrected chi connectivity index (χ4v) is 3.41. The van der Waals surface area contributed by atoms with Crippen LogP contribution in [-0.2, 0) is 13.1 Å². The number of piperazine rings is 1. The normalized spacial score (nSPS) is 16.3. The highest BCUT2D eigenvalue weighted by atomic mass is 16.4. The molecule has 4 aromatic rings. The van der Waals surface area contributed by atoms with Crippen LogP contribution in [0.1, 0.15) is 11.6 Å². The minimum absolute atomic E-state index is 0.431. The molecule has 0 bridgehead atoms. The highest BCUT2D eigenvalue weighted by Crippen LogP contribution is 2.19. The molecule has 0 spiro atoms. The van der Waals surface area contributed by atoms with E-state index >= 15 is 0 Å². The molecule has 0 aliphatic carbocycles. The first-order chi connectivity index (χ1) is 13.3. The van der Waals surface area contributed by atoms with Gasteiger partial charge in [0, 0.05) is 45.1 Å². The van der Waals surface area contributed by atoms with Crippen LogP contribution < -0.4 is 0 Å². The molecular weight excluding hydrogens is 344 g/mol. The van der Waals surface area contributed by atoms with Crippen LogP contribution in [-0.4, -0.2) is 55.6 Å². The van der Waals surface area contributed by atoms with E-state index in [0.717, 1.165) is 44.1 Å². The first kappa shape index (κ1) is 16.2. The van der Waals surface area contributed by atoms with Gasteiger partial charge in [-0.25, -0.2) is 4.98 Å². The summed E-state index contributed by atoms with van der Waals surface area (Å²) in [6.45, 7) is 5.45. The van der Waals surface area contributed by atoms with Gasteiger partial charge in [-0.05, 0) is 24.3 Å². The van der Waals surface area contributed by atoms with Gasteiger partial charge in [0.05, 0.1) is 18.5 Å². The van der Waals surface area contributed by atoms with Gasteiger partial charge < -0.3 is 13.2 Å². The lowest BCUT2D eigenvalue weighted by Gasteiger charge is -2.33. The summed E-state index contributed by atoms with van der Waals surface area (Å²) in [6, 6.07) is 9.69. The van der Waals surface area contributed by atoms with Crippen LogP contribution in [0.4, 0.5) is 0 Å². The van der Waals surface area contributed by atoms with Gasteiger partial charge in [-0.15, -0.1) is 10.2 Å². The van der Waals surface area contributed by atoms with E-state index in [-0.39, 0.29) is 0 Å². The van der Waals surface area contributed by atoms with Crippen molar-refractivity contribution in [3.63, 3.8) is 0 Å². The summed E-state index contributed by atoms with van der Waals surface area (Å²) < 4.78 is 13.1. The molecule has 4 aromatic heterocycles. The molecule has 0 saturated carbocycles. The molecule has 1 aliphatic rings. The van der Waals surface area contributed by atoms with Crippen LogP contribution in [0.25, 0.3) is 17.3 Å². The Morgan fingerprint density at radius 3 is 2.56 bits per heavy atom. The van der Waals surface area contributed by atoms with Crippen LogP contribution in [0.3, 0.4) is 0 Å². The monoisotopic (exact) mass is 364 g/mol. The standard InChI is InChI=1S/C19H20N6O2/c1-2-6-25-13-15(20-17(25)5-1)12-23-7-9-24(10-8-23)14-18-21-22-19(27-18)16-4-3-11-26-16/h1-6,11,13H,7-10,12,14H2. The van der Waals surface area contributed by atoms with E-state index < -0.39 is 0 Å². The highest BCUT2D eigenvalue weighted by molar-refractivity contribution is 5.42. The maximum atomic E-state index is 5.70. The van der Waals surface area contributed by atoms with Gasteiger partial charge in [0.1, 0.15) is 5.65 Å². The SMILES string of the molecule is c1coc(-c2nnc(CN3CCN(Cc4cn5ccccc5n4)CC3)o2)c1. The Kier molecular flexibility index (Phi) is 4.19. The topological polar surface area (TPSA) is 75.8 Å². The third-order valence-electron chi connectivity index (χ3n) is 4.82. The molecule has 1 aliphatic heterocycles. The number of pyridine rings is 1. The molecule has 0 radical (unpaired) electrons. The number of fused-ring (bicyclic) bond motifs is 1. The van der Waals surface area contributed by atoms with E-state index in [9.17, 15) is 0 Å². The maximum absolute atomic E-state index is 5.70. The molecule has 0 atom stereocenters. The lowest BCUT2D eigenvalue weighted by atomic mass is 10.3. The molecule has 1 fully saturated rings. The van der Waals surface area contributed by atoms with Gasteiger partial charge in [0.15, 0.2) is 5.76 Å². The minimum Gasteiger partial charge on any atom is -0.459 e. The van der Waals surface area contributed by atoms with E-state index in [1.165, 1.54) is 0 Å². The fourth-order valence-electron chi connectivity index (χ4n) is 3.41. The molecule has 0 unspecified atom stereocenters. The number of hydrogen-bond donors (Lipinski definition) is 0. The lowest BCUT2D eigenvalue weighted by molar-refractivity contribution is 0.114. The molecular formula is C19H20N6O2. The Bertz CT molecular complexity index is 981.